The van der Waals surface area contributed by atoms with Gasteiger partial charge in [0.15, 0.2) is 10.3 Å². The Morgan fingerprint density at radius 3 is 1.76 bits per heavy atom. The molecule has 0 aliphatic rings. The van der Waals surface area contributed by atoms with Crippen LogP contribution in [-0.4, -0.2) is 97.0 Å². The van der Waals surface area contributed by atoms with E-state index in [1.54, 1.807) is 6.07 Å². The van der Waals surface area contributed by atoms with E-state index < -0.39 is 61.8 Å². The molecule has 3 aromatic carbocycles. The first kappa shape index (κ1) is 40.4. The van der Waals surface area contributed by atoms with Crippen LogP contribution < -0.4 is 4.74 Å². The monoisotopic (exact) mass is 823 g/mol. The highest BCUT2D eigenvalue weighted by Crippen LogP contribution is 2.34. The van der Waals surface area contributed by atoms with Crippen molar-refractivity contribution in [1.29, 1.82) is 0 Å². The fraction of sp³-hybridized carbons (Fsp3) is 0.296. The number of hydrogen-bond acceptors (Lipinski definition) is 16. The van der Waals surface area contributed by atoms with E-state index in [-0.39, 0.29) is 69.1 Å². The van der Waals surface area contributed by atoms with E-state index in [0.717, 1.165) is 35.7 Å². The Morgan fingerprint density at radius 1 is 0.667 bits per heavy atom. The fourth-order valence-electron chi connectivity index (χ4n) is 4.43. The molecule has 0 saturated carbocycles. The van der Waals surface area contributed by atoms with Crippen molar-refractivity contribution in [3.63, 3.8) is 0 Å². The van der Waals surface area contributed by atoms with Gasteiger partial charge in [-0.2, -0.15) is 48.9 Å². The molecule has 4 rings (SSSR count). The first-order valence-corrected chi connectivity index (χ1v) is 22.3. The molecule has 276 valence electrons. The average Bonchev–Trinajstić information content (AvgIpc) is 3.02. The molecule has 0 aliphatic carbocycles. The third kappa shape index (κ3) is 12.4. The second-order valence-corrected chi connectivity index (χ2v) is 18.5. The number of fused-ring (bicyclic) bond motifs is 1. The maximum atomic E-state index is 12.1. The fourth-order valence-corrected chi connectivity index (χ4v) is 8.88. The van der Waals surface area contributed by atoms with Gasteiger partial charge in [0, 0.05) is 40.3 Å². The Balaban J connectivity index is 1.62. The number of rotatable bonds is 17. The molecular formula is C27H29N5O13S6. The highest BCUT2D eigenvalue weighted by Gasteiger charge is 2.21. The lowest BCUT2D eigenvalue weighted by molar-refractivity contribution is 0.410. The summed E-state index contributed by atoms with van der Waals surface area (Å²) in [5.41, 5.74) is 0.625. The number of thioether (sulfide) groups is 2. The van der Waals surface area contributed by atoms with Crippen LogP contribution >= 0.6 is 23.5 Å². The average molecular weight is 824 g/mol. The molecule has 0 unspecified atom stereocenters. The Bertz CT molecular complexity index is 2350. The van der Waals surface area contributed by atoms with Crippen LogP contribution in [0.3, 0.4) is 0 Å². The molecule has 0 fully saturated rings. The van der Waals surface area contributed by atoms with Gasteiger partial charge in [-0.05, 0) is 37.1 Å². The minimum Gasteiger partial charge on any atom is -0.496 e. The number of ether oxygens (including phenoxy) is 1. The predicted molar refractivity (Wildman–Crippen MR) is 187 cm³/mol. The molecule has 51 heavy (non-hydrogen) atoms. The third-order valence-corrected chi connectivity index (χ3v) is 11.8. The SMILES string of the molecule is COc1cc(N=Nc2cc(S(=O)(=O)O)c3cccc(S(=O)(=O)O)c3c2)ccc1Cc1nc(SCCCS(=O)(=O)O)nc(SCCCS(=O)(=O)O)n1. The van der Waals surface area contributed by atoms with Crippen molar-refractivity contribution >= 4 is 86.1 Å². The van der Waals surface area contributed by atoms with Gasteiger partial charge in [0.25, 0.3) is 40.5 Å². The number of benzene rings is 3. The lowest BCUT2D eigenvalue weighted by Gasteiger charge is -2.11. The van der Waals surface area contributed by atoms with Gasteiger partial charge in [-0.3, -0.25) is 18.2 Å². The molecule has 0 spiro atoms. The highest BCUT2D eigenvalue weighted by atomic mass is 32.2. The van der Waals surface area contributed by atoms with Gasteiger partial charge in [0.1, 0.15) is 21.4 Å². The molecule has 18 nitrogen and oxygen atoms in total. The number of aromatic nitrogens is 3. The Labute approximate surface area is 301 Å². The molecular weight excluding hydrogens is 795 g/mol. The zero-order valence-corrected chi connectivity index (χ0v) is 31.1. The summed E-state index contributed by atoms with van der Waals surface area (Å²) in [5.74, 6) is 0.172. The van der Waals surface area contributed by atoms with E-state index in [9.17, 15) is 42.8 Å². The topological polar surface area (TPSA) is 290 Å². The van der Waals surface area contributed by atoms with Crippen molar-refractivity contribution in [1.82, 2.24) is 15.0 Å². The smallest absolute Gasteiger partial charge is 0.295 e. The third-order valence-electron chi connectivity index (χ3n) is 6.56. The highest BCUT2D eigenvalue weighted by molar-refractivity contribution is 7.99. The van der Waals surface area contributed by atoms with Crippen molar-refractivity contribution in [2.24, 2.45) is 10.2 Å². The summed E-state index contributed by atoms with van der Waals surface area (Å²) >= 11 is 2.24. The Morgan fingerprint density at radius 2 is 1.24 bits per heavy atom. The lowest BCUT2D eigenvalue weighted by Crippen LogP contribution is -2.07. The first-order chi connectivity index (χ1) is 23.7. The summed E-state index contributed by atoms with van der Waals surface area (Å²) in [5, 5.41) is 8.20. The van der Waals surface area contributed by atoms with Gasteiger partial charge in [-0.15, -0.1) is 0 Å². The van der Waals surface area contributed by atoms with Crippen molar-refractivity contribution in [2.45, 2.75) is 39.4 Å². The largest absolute Gasteiger partial charge is 0.496 e. The zero-order chi connectivity index (χ0) is 37.6. The molecule has 24 heteroatoms. The standard InChI is InChI=1S/C27H29N5O13S6/c1-45-22-15-18(31-32-19-14-21-20(24(16-19)51(42,43)44)5-2-6-23(21)50(39,40)41)8-7-17(22)13-25-28-26(46-9-3-11-48(33,34)35)30-27(29-25)47-10-4-12-49(36,37)38/h2,5-8,14-16H,3-4,9-13H2,1H3,(H,33,34,35)(H,36,37,38)(H,39,40,41)(H,42,43,44). The predicted octanol–water partition coefficient (Wildman–Crippen LogP) is 4.27. The first-order valence-electron chi connectivity index (χ1n) is 14.2. The van der Waals surface area contributed by atoms with E-state index in [0.29, 0.717) is 11.3 Å². The van der Waals surface area contributed by atoms with Gasteiger partial charge in [-0.25, -0.2) is 9.97 Å². The van der Waals surface area contributed by atoms with Crippen LogP contribution in [0, 0.1) is 0 Å². The van der Waals surface area contributed by atoms with Crippen LogP contribution in [0.15, 0.2) is 78.9 Å². The maximum Gasteiger partial charge on any atom is 0.295 e. The van der Waals surface area contributed by atoms with E-state index in [1.807, 2.05) is 0 Å². The second kappa shape index (κ2) is 16.6. The Kier molecular flexibility index (Phi) is 13.1. The summed E-state index contributed by atoms with van der Waals surface area (Å²) in [6.07, 6.45) is 0.327. The molecule has 1 heterocycles. The molecule has 0 aliphatic heterocycles. The zero-order valence-electron chi connectivity index (χ0n) is 26.2. The maximum absolute atomic E-state index is 12.1. The minimum atomic E-state index is -4.86. The molecule has 4 aromatic rings. The number of hydrogen-bond donors (Lipinski definition) is 4. The van der Waals surface area contributed by atoms with E-state index in [4.69, 9.17) is 13.8 Å². The lowest BCUT2D eigenvalue weighted by atomic mass is 10.1. The van der Waals surface area contributed by atoms with Crippen LogP contribution in [0.2, 0.25) is 0 Å². The van der Waals surface area contributed by atoms with Crippen molar-refractivity contribution in [2.75, 3.05) is 30.1 Å². The van der Waals surface area contributed by atoms with E-state index >= 15 is 0 Å². The second-order valence-electron chi connectivity index (χ2n) is 10.4. The molecule has 0 saturated heterocycles. The van der Waals surface area contributed by atoms with Gasteiger partial charge < -0.3 is 4.74 Å². The number of azo groups is 1. The van der Waals surface area contributed by atoms with Crippen LogP contribution in [0.5, 0.6) is 5.75 Å². The summed E-state index contributed by atoms with van der Waals surface area (Å²) in [4.78, 5) is 11.9. The van der Waals surface area contributed by atoms with Crippen molar-refractivity contribution in [3.05, 3.63) is 59.9 Å². The van der Waals surface area contributed by atoms with Gasteiger partial charge in [-0.1, -0.05) is 41.7 Å². The molecule has 4 N–H and O–H groups in total. The summed E-state index contributed by atoms with van der Waals surface area (Å²) in [6.45, 7) is 0. The van der Waals surface area contributed by atoms with Crippen molar-refractivity contribution < 1.29 is 56.6 Å². The molecule has 0 radical (unpaired) electrons. The van der Waals surface area contributed by atoms with Gasteiger partial charge in [0.05, 0.1) is 30.0 Å². The van der Waals surface area contributed by atoms with Gasteiger partial charge in [0.2, 0.25) is 0 Å². The normalized spacial score (nSPS) is 12.9. The van der Waals surface area contributed by atoms with E-state index in [2.05, 4.69) is 25.2 Å². The van der Waals surface area contributed by atoms with Crippen LogP contribution in [-0.2, 0) is 46.9 Å². The van der Waals surface area contributed by atoms with Gasteiger partial charge >= 0.3 is 0 Å². The minimum absolute atomic E-state index is 0.0983. The van der Waals surface area contributed by atoms with Crippen LogP contribution in [0.4, 0.5) is 11.4 Å². The Hall–Kier alpha value is -3.33. The van der Waals surface area contributed by atoms with Crippen molar-refractivity contribution in [3.8, 4) is 5.75 Å². The molecule has 1 aromatic heterocycles. The summed E-state index contributed by atoms with van der Waals surface area (Å²) in [6, 6.07) is 10.3. The number of nitrogens with zero attached hydrogens (tertiary/aromatic N) is 5. The molecule has 0 bridgehead atoms. The quantitative estimate of drug-likeness (QED) is 0.0500. The molecule has 0 atom stereocenters. The number of methoxy groups -OCH3 is 1. The van der Waals surface area contributed by atoms with Crippen LogP contribution in [0.25, 0.3) is 10.8 Å². The van der Waals surface area contributed by atoms with Crippen LogP contribution in [0.1, 0.15) is 24.2 Å². The molecule has 0 amide bonds. The summed E-state index contributed by atoms with van der Waals surface area (Å²) < 4.78 is 135. The summed E-state index contributed by atoms with van der Waals surface area (Å²) in [7, 11) is -16.6. The van der Waals surface area contributed by atoms with E-state index in [1.165, 1.54) is 37.4 Å².